The summed E-state index contributed by atoms with van der Waals surface area (Å²) in [5, 5.41) is 14.4. The molecule has 0 saturated carbocycles. The lowest BCUT2D eigenvalue weighted by atomic mass is 9.89. The van der Waals surface area contributed by atoms with Gasteiger partial charge in [-0.15, -0.1) is 5.10 Å². The molecule has 2 aromatic rings. The van der Waals surface area contributed by atoms with Crippen molar-refractivity contribution < 1.29 is 14.7 Å². The van der Waals surface area contributed by atoms with Crippen LogP contribution in [-0.4, -0.2) is 49.7 Å². The summed E-state index contributed by atoms with van der Waals surface area (Å²) in [6.45, 7) is 6.32. The van der Waals surface area contributed by atoms with E-state index >= 15 is 0 Å². The molecule has 0 aliphatic carbocycles. The maximum atomic E-state index is 12.8. The van der Waals surface area contributed by atoms with Crippen LogP contribution in [0.4, 0.5) is 0 Å². The first-order valence-electron chi connectivity index (χ1n) is 8.36. The molecule has 2 heterocycles. The van der Waals surface area contributed by atoms with Crippen LogP contribution in [-0.2, 0) is 10.3 Å². The first-order valence-corrected chi connectivity index (χ1v) is 8.74. The maximum absolute atomic E-state index is 12.8. The molecule has 7 nitrogen and oxygen atoms in total. The van der Waals surface area contributed by atoms with Crippen LogP contribution in [0.3, 0.4) is 0 Å². The van der Waals surface area contributed by atoms with E-state index in [0.717, 1.165) is 5.56 Å². The second kappa shape index (κ2) is 6.72. The van der Waals surface area contributed by atoms with E-state index in [1.54, 1.807) is 16.8 Å². The van der Waals surface area contributed by atoms with Crippen molar-refractivity contribution in [1.29, 1.82) is 0 Å². The van der Waals surface area contributed by atoms with Crippen molar-refractivity contribution in [3.05, 3.63) is 47.0 Å². The van der Waals surface area contributed by atoms with Crippen LogP contribution in [0, 0.1) is 5.92 Å². The van der Waals surface area contributed by atoms with Crippen LogP contribution >= 0.6 is 11.6 Å². The molecule has 0 bridgehead atoms. The molecule has 8 heteroatoms. The van der Waals surface area contributed by atoms with Crippen molar-refractivity contribution in [2.45, 2.75) is 32.2 Å². The standard InChI is InChI=1S/C18H21ClN4O3/c1-18(2,3)23-10-20-15(21-23)16(24)22-8-13(14(9-22)17(25)26)11-4-6-12(19)7-5-11/h4-7,10,13-14H,8-9H2,1-3H3,(H,25,26)/t13-,14+/m0/s1. The molecule has 2 atom stereocenters. The maximum Gasteiger partial charge on any atom is 0.308 e. The molecular weight excluding hydrogens is 356 g/mol. The Morgan fingerprint density at radius 2 is 1.85 bits per heavy atom. The molecule has 0 spiro atoms. The summed E-state index contributed by atoms with van der Waals surface area (Å²) < 4.78 is 1.63. The fourth-order valence-corrected chi connectivity index (χ4v) is 3.22. The Bertz CT molecular complexity index is 826. The van der Waals surface area contributed by atoms with Gasteiger partial charge in [-0.2, -0.15) is 0 Å². The lowest BCUT2D eigenvalue weighted by Crippen LogP contribution is -2.31. The van der Waals surface area contributed by atoms with Gasteiger partial charge in [0.1, 0.15) is 6.33 Å². The van der Waals surface area contributed by atoms with Crippen molar-refractivity contribution >= 4 is 23.5 Å². The topological polar surface area (TPSA) is 88.3 Å². The highest BCUT2D eigenvalue weighted by Crippen LogP contribution is 2.34. The minimum Gasteiger partial charge on any atom is -0.481 e. The number of nitrogens with zero attached hydrogens (tertiary/aromatic N) is 4. The highest BCUT2D eigenvalue weighted by atomic mass is 35.5. The van der Waals surface area contributed by atoms with Gasteiger partial charge in [-0.1, -0.05) is 23.7 Å². The number of benzene rings is 1. The molecular formula is C18H21ClN4O3. The van der Waals surface area contributed by atoms with Gasteiger partial charge in [-0.25, -0.2) is 9.67 Å². The van der Waals surface area contributed by atoms with Crippen molar-refractivity contribution in [2.24, 2.45) is 5.92 Å². The van der Waals surface area contributed by atoms with E-state index in [0.29, 0.717) is 11.6 Å². The van der Waals surface area contributed by atoms with Gasteiger partial charge in [-0.3, -0.25) is 9.59 Å². The Balaban J connectivity index is 1.83. The number of rotatable bonds is 3. The predicted molar refractivity (Wildman–Crippen MR) is 96.2 cm³/mol. The highest BCUT2D eigenvalue weighted by molar-refractivity contribution is 6.30. The number of hydrogen-bond acceptors (Lipinski definition) is 4. The molecule has 1 aliphatic heterocycles. The van der Waals surface area contributed by atoms with E-state index in [1.807, 2.05) is 32.9 Å². The van der Waals surface area contributed by atoms with Crippen molar-refractivity contribution in [2.75, 3.05) is 13.1 Å². The van der Waals surface area contributed by atoms with Gasteiger partial charge in [0, 0.05) is 24.0 Å². The van der Waals surface area contributed by atoms with Gasteiger partial charge < -0.3 is 10.0 Å². The van der Waals surface area contributed by atoms with Crippen LogP contribution in [0.15, 0.2) is 30.6 Å². The minimum absolute atomic E-state index is 0.0841. The molecule has 1 aromatic carbocycles. The molecule has 1 aromatic heterocycles. The van der Waals surface area contributed by atoms with Gasteiger partial charge >= 0.3 is 5.97 Å². The molecule has 1 saturated heterocycles. The molecule has 1 aliphatic rings. The molecule has 138 valence electrons. The van der Waals surface area contributed by atoms with Crippen LogP contribution in [0.1, 0.15) is 42.9 Å². The predicted octanol–water partition coefficient (Wildman–Crippen LogP) is 2.63. The number of carbonyl (C=O) groups is 2. The number of aliphatic carboxylic acids is 1. The van der Waals surface area contributed by atoms with E-state index < -0.39 is 11.9 Å². The van der Waals surface area contributed by atoms with Crippen molar-refractivity contribution in [3.8, 4) is 0 Å². The van der Waals surface area contributed by atoms with Gasteiger partial charge in [-0.05, 0) is 38.5 Å². The number of carboxylic acids is 1. The molecule has 3 rings (SSSR count). The molecule has 0 radical (unpaired) electrons. The van der Waals surface area contributed by atoms with E-state index in [9.17, 15) is 14.7 Å². The number of hydrogen-bond donors (Lipinski definition) is 1. The largest absolute Gasteiger partial charge is 0.481 e. The molecule has 1 amide bonds. The van der Waals surface area contributed by atoms with Crippen LogP contribution < -0.4 is 0 Å². The zero-order valence-corrected chi connectivity index (χ0v) is 15.6. The Labute approximate surface area is 156 Å². The van der Waals surface area contributed by atoms with Crippen molar-refractivity contribution in [1.82, 2.24) is 19.7 Å². The normalized spacial score (nSPS) is 20.4. The third kappa shape index (κ3) is 3.58. The molecule has 26 heavy (non-hydrogen) atoms. The number of likely N-dealkylation sites (tertiary alicyclic amines) is 1. The summed E-state index contributed by atoms with van der Waals surface area (Å²) >= 11 is 5.92. The van der Waals surface area contributed by atoms with E-state index in [2.05, 4.69) is 10.1 Å². The van der Waals surface area contributed by atoms with Gasteiger partial charge in [0.15, 0.2) is 0 Å². The smallest absolute Gasteiger partial charge is 0.308 e. The van der Waals surface area contributed by atoms with Crippen LogP contribution in [0.25, 0.3) is 0 Å². The first-order chi connectivity index (χ1) is 12.2. The molecule has 1 fully saturated rings. The van der Waals surface area contributed by atoms with E-state index in [4.69, 9.17) is 11.6 Å². The Hall–Kier alpha value is -2.41. The third-order valence-electron chi connectivity index (χ3n) is 4.59. The quantitative estimate of drug-likeness (QED) is 0.889. The minimum atomic E-state index is -0.923. The highest BCUT2D eigenvalue weighted by Gasteiger charge is 2.41. The molecule has 0 unspecified atom stereocenters. The summed E-state index contributed by atoms with van der Waals surface area (Å²) in [5.74, 6) is -2.16. The number of carboxylic acid groups (broad SMARTS) is 1. The summed E-state index contributed by atoms with van der Waals surface area (Å²) in [7, 11) is 0. The Morgan fingerprint density at radius 3 is 2.38 bits per heavy atom. The average molecular weight is 377 g/mol. The van der Waals surface area contributed by atoms with Crippen LogP contribution in [0.2, 0.25) is 5.02 Å². The number of aromatic nitrogens is 3. The SMILES string of the molecule is CC(C)(C)n1cnc(C(=O)N2C[C@@H](C(=O)O)[C@H](c3ccc(Cl)cc3)C2)n1. The van der Waals surface area contributed by atoms with E-state index in [-0.39, 0.29) is 29.7 Å². The Kier molecular flexibility index (Phi) is 4.75. The molecule has 1 N–H and O–H groups in total. The summed E-state index contributed by atoms with van der Waals surface area (Å²) in [4.78, 5) is 30.1. The summed E-state index contributed by atoms with van der Waals surface area (Å²) in [6.07, 6.45) is 1.52. The van der Waals surface area contributed by atoms with Gasteiger partial charge in [0.25, 0.3) is 5.91 Å². The second-order valence-electron chi connectivity index (χ2n) is 7.50. The number of halogens is 1. The van der Waals surface area contributed by atoms with Gasteiger partial charge in [0.2, 0.25) is 5.82 Å². The zero-order chi connectivity index (χ0) is 19.1. The summed E-state index contributed by atoms with van der Waals surface area (Å²) in [5.41, 5.74) is 0.566. The fourth-order valence-electron chi connectivity index (χ4n) is 3.09. The van der Waals surface area contributed by atoms with Crippen LogP contribution in [0.5, 0.6) is 0 Å². The monoisotopic (exact) mass is 376 g/mol. The Morgan fingerprint density at radius 1 is 1.19 bits per heavy atom. The lowest BCUT2D eigenvalue weighted by Gasteiger charge is -2.18. The first kappa shape index (κ1) is 18.4. The fraction of sp³-hybridized carbons (Fsp3) is 0.444. The van der Waals surface area contributed by atoms with Crippen molar-refractivity contribution in [3.63, 3.8) is 0 Å². The second-order valence-corrected chi connectivity index (χ2v) is 7.93. The average Bonchev–Trinajstić information content (AvgIpc) is 3.22. The van der Waals surface area contributed by atoms with Gasteiger partial charge in [0.05, 0.1) is 11.5 Å². The third-order valence-corrected chi connectivity index (χ3v) is 4.84. The lowest BCUT2D eigenvalue weighted by molar-refractivity contribution is -0.141. The number of amides is 1. The number of carbonyl (C=O) groups excluding carboxylic acids is 1. The van der Waals surface area contributed by atoms with E-state index in [1.165, 1.54) is 11.2 Å². The zero-order valence-electron chi connectivity index (χ0n) is 14.9. The summed E-state index contributed by atoms with van der Waals surface area (Å²) in [6, 6.07) is 7.08.